The molecule has 0 bridgehead atoms. The van der Waals surface area contributed by atoms with Gasteiger partial charge in [-0.3, -0.25) is 9.59 Å². The normalized spacial score (nSPS) is 11.7. The fourth-order valence-electron chi connectivity index (χ4n) is 1.20. The first-order chi connectivity index (χ1) is 9.60. The molecule has 0 aliphatic carbocycles. The number of esters is 1. The van der Waals surface area contributed by atoms with E-state index in [1.165, 1.54) is 0 Å². The van der Waals surface area contributed by atoms with Crippen LogP contribution in [0, 0.1) is 0 Å². The summed E-state index contributed by atoms with van der Waals surface area (Å²) in [6.07, 6.45) is 6.50. The van der Waals surface area contributed by atoms with E-state index in [0.717, 1.165) is 23.0 Å². The Labute approximate surface area is 130 Å². The molecule has 114 valence electrons. The highest BCUT2D eigenvalue weighted by Gasteiger charge is 2.08. The number of ether oxygens (including phenoxy) is 1. The minimum atomic E-state index is -0.485. The van der Waals surface area contributed by atoms with E-state index in [0.29, 0.717) is 13.2 Å². The average molecular weight is 320 g/mol. The lowest BCUT2D eigenvalue weighted by molar-refractivity contribution is -0.145. The van der Waals surface area contributed by atoms with Crippen LogP contribution in [-0.2, 0) is 14.3 Å². The molecule has 0 aromatic rings. The summed E-state index contributed by atoms with van der Waals surface area (Å²) in [5.41, 5.74) is 0. The summed E-state index contributed by atoms with van der Waals surface area (Å²) in [6.45, 7) is 4.46. The van der Waals surface area contributed by atoms with Crippen LogP contribution >= 0.6 is 23.4 Å². The SMILES string of the molecule is C/C=C(/Cl)C/C=C\CSCCNC(=O)CC(=O)OCC. The van der Waals surface area contributed by atoms with Crippen molar-refractivity contribution in [3.63, 3.8) is 0 Å². The summed E-state index contributed by atoms with van der Waals surface area (Å²) in [5.74, 6) is 0.902. The maximum Gasteiger partial charge on any atom is 0.315 e. The first-order valence-electron chi connectivity index (χ1n) is 6.55. The summed E-state index contributed by atoms with van der Waals surface area (Å²) >= 11 is 7.55. The van der Waals surface area contributed by atoms with Gasteiger partial charge in [0.1, 0.15) is 6.42 Å². The highest BCUT2D eigenvalue weighted by molar-refractivity contribution is 7.99. The Bertz CT molecular complexity index is 356. The smallest absolute Gasteiger partial charge is 0.315 e. The van der Waals surface area contributed by atoms with Crippen LogP contribution in [0.1, 0.15) is 26.7 Å². The number of hydrogen-bond acceptors (Lipinski definition) is 4. The molecule has 0 rings (SSSR count). The van der Waals surface area contributed by atoms with E-state index in [1.807, 2.05) is 19.1 Å². The number of nitrogens with one attached hydrogen (secondary N) is 1. The number of allylic oxidation sites excluding steroid dienone is 3. The number of carbonyl (C=O) groups excluding carboxylic acids is 2. The quantitative estimate of drug-likeness (QED) is 0.291. The molecule has 0 aromatic carbocycles. The first-order valence-corrected chi connectivity index (χ1v) is 8.09. The van der Waals surface area contributed by atoms with E-state index >= 15 is 0 Å². The molecule has 20 heavy (non-hydrogen) atoms. The summed E-state index contributed by atoms with van der Waals surface area (Å²) < 4.78 is 4.68. The molecule has 0 spiro atoms. The van der Waals surface area contributed by atoms with Crippen LogP contribution in [0.5, 0.6) is 0 Å². The van der Waals surface area contributed by atoms with Crippen LogP contribution in [0.4, 0.5) is 0 Å². The summed E-state index contributed by atoms with van der Waals surface area (Å²) in [7, 11) is 0. The number of carbonyl (C=O) groups is 2. The Balaban J connectivity index is 3.48. The molecule has 0 fully saturated rings. The molecular formula is C14H22ClNO3S. The Morgan fingerprint density at radius 1 is 1.35 bits per heavy atom. The van der Waals surface area contributed by atoms with E-state index in [2.05, 4.69) is 16.1 Å². The fourth-order valence-corrected chi connectivity index (χ4v) is 1.98. The summed E-state index contributed by atoms with van der Waals surface area (Å²) in [6, 6.07) is 0. The zero-order valence-electron chi connectivity index (χ0n) is 12.0. The molecule has 0 aliphatic heterocycles. The standard InChI is InChI=1S/C14H22ClNO3S/c1-3-12(15)7-5-6-9-20-10-8-16-13(17)11-14(18)19-4-2/h3,5-6H,4,7-11H2,1-2H3,(H,16,17)/b6-5-,12-3+. The molecule has 0 atom stereocenters. The van der Waals surface area contributed by atoms with Gasteiger partial charge in [0.05, 0.1) is 6.61 Å². The van der Waals surface area contributed by atoms with Gasteiger partial charge in [-0.2, -0.15) is 11.8 Å². The van der Waals surface area contributed by atoms with E-state index in [9.17, 15) is 9.59 Å². The van der Waals surface area contributed by atoms with Gasteiger partial charge in [0, 0.05) is 29.5 Å². The summed E-state index contributed by atoms with van der Waals surface area (Å²) in [5, 5.41) is 3.51. The number of amides is 1. The van der Waals surface area contributed by atoms with Crippen molar-refractivity contribution in [2.75, 3.05) is 24.7 Å². The van der Waals surface area contributed by atoms with Crippen LogP contribution in [0.25, 0.3) is 0 Å². The zero-order valence-corrected chi connectivity index (χ0v) is 13.6. The molecule has 0 radical (unpaired) electrons. The highest BCUT2D eigenvalue weighted by Crippen LogP contribution is 2.07. The molecule has 6 heteroatoms. The lowest BCUT2D eigenvalue weighted by atomic mass is 10.3. The van der Waals surface area contributed by atoms with Crippen molar-refractivity contribution in [3.05, 3.63) is 23.3 Å². The van der Waals surface area contributed by atoms with Gasteiger partial charge in [-0.05, 0) is 13.8 Å². The number of hydrogen-bond donors (Lipinski definition) is 1. The van der Waals surface area contributed by atoms with Gasteiger partial charge in [-0.1, -0.05) is 29.8 Å². The lowest BCUT2D eigenvalue weighted by Gasteiger charge is -2.04. The Hall–Kier alpha value is -0.940. The Morgan fingerprint density at radius 2 is 2.10 bits per heavy atom. The maximum atomic E-state index is 11.3. The van der Waals surface area contributed by atoms with Crippen molar-refractivity contribution in [2.45, 2.75) is 26.7 Å². The highest BCUT2D eigenvalue weighted by atomic mass is 35.5. The van der Waals surface area contributed by atoms with Gasteiger partial charge in [0.15, 0.2) is 0 Å². The van der Waals surface area contributed by atoms with Crippen molar-refractivity contribution < 1.29 is 14.3 Å². The van der Waals surface area contributed by atoms with Gasteiger partial charge in [-0.15, -0.1) is 0 Å². The van der Waals surface area contributed by atoms with Crippen LogP contribution < -0.4 is 5.32 Å². The molecular weight excluding hydrogens is 298 g/mol. The minimum Gasteiger partial charge on any atom is -0.466 e. The number of rotatable bonds is 10. The van der Waals surface area contributed by atoms with Gasteiger partial charge in [0.2, 0.25) is 5.91 Å². The molecule has 0 saturated heterocycles. The number of thioether (sulfide) groups is 1. The van der Waals surface area contributed by atoms with Crippen LogP contribution in [-0.4, -0.2) is 36.5 Å². The third-order valence-corrected chi connectivity index (χ3v) is 3.48. The van der Waals surface area contributed by atoms with Gasteiger partial charge in [-0.25, -0.2) is 0 Å². The zero-order chi connectivity index (χ0) is 15.2. The predicted molar refractivity (Wildman–Crippen MR) is 85.0 cm³/mol. The molecule has 0 saturated carbocycles. The van der Waals surface area contributed by atoms with E-state index in [1.54, 1.807) is 18.7 Å². The molecule has 4 nitrogen and oxygen atoms in total. The van der Waals surface area contributed by atoms with Gasteiger partial charge < -0.3 is 10.1 Å². The van der Waals surface area contributed by atoms with E-state index in [4.69, 9.17) is 11.6 Å². The lowest BCUT2D eigenvalue weighted by Crippen LogP contribution is -2.28. The second kappa shape index (κ2) is 13.1. The second-order valence-corrected chi connectivity index (χ2v) is 5.45. The fraction of sp³-hybridized carbons (Fsp3) is 0.571. The van der Waals surface area contributed by atoms with Crippen molar-refractivity contribution in [1.82, 2.24) is 5.32 Å². The van der Waals surface area contributed by atoms with Gasteiger partial charge in [0.25, 0.3) is 0 Å². The molecule has 0 aliphatic rings. The van der Waals surface area contributed by atoms with Gasteiger partial charge >= 0.3 is 5.97 Å². The average Bonchev–Trinajstić information content (AvgIpc) is 2.41. The third-order valence-electron chi connectivity index (χ3n) is 2.19. The monoisotopic (exact) mass is 319 g/mol. The molecule has 0 heterocycles. The van der Waals surface area contributed by atoms with E-state index < -0.39 is 5.97 Å². The summed E-state index contributed by atoms with van der Waals surface area (Å²) in [4.78, 5) is 22.3. The predicted octanol–water partition coefficient (Wildman–Crippen LogP) is 2.88. The van der Waals surface area contributed by atoms with Crippen molar-refractivity contribution >= 4 is 35.2 Å². The second-order valence-electron chi connectivity index (χ2n) is 3.82. The number of halogens is 1. The van der Waals surface area contributed by atoms with Crippen LogP contribution in [0.3, 0.4) is 0 Å². The van der Waals surface area contributed by atoms with Crippen molar-refractivity contribution in [1.29, 1.82) is 0 Å². The molecule has 0 aromatic heterocycles. The van der Waals surface area contributed by atoms with Crippen LogP contribution in [0.2, 0.25) is 0 Å². The molecule has 0 unspecified atom stereocenters. The largest absolute Gasteiger partial charge is 0.466 e. The Kier molecular flexibility index (Phi) is 12.4. The molecule has 1 N–H and O–H groups in total. The van der Waals surface area contributed by atoms with Crippen LogP contribution in [0.15, 0.2) is 23.3 Å². The topological polar surface area (TPSA) is 55.4 Å². The maximum absolute atomic E-state index is 11.3. The minimum absolute atomic E-state index is 0.208. The van der Waals surface area contributed by atoms with Crippen molar-refractivity contribution in [2.24, 2.45) is 0 Å². The Morgan fingerprint density at radius 3 is 2.75 bits per heavy atom. The van der Waals surface area contributed by atoms with E-state index in [-0.39, 0.29) is 12.3 Å². The molecule has 1 amide bonds. The van der Waals surface area contributed by atoms with Crippen molar-refractivity contribution in [3.8, 4) is 0 Å². The first kappa shape index (κ1) is 19.1. The third kappa shape index (κ3) is 12.1.